The molecule has 0 radical (unpaired) electrons. The smallest absolute Gasteiger partial charge is 0.240 e. The summed E-state index contributed by atoms with van der Waals surface area (Å²) in [5.41, 5.74) is 4.08. The summed E-state index contributed by atoms with van der Waals surface area (Å²) >= 11 is 0. The summed E-state index contributed by atoms with van der Waals surface area (Å²) in [6.07, 6.45) is 9.92. The lowest BCUT2D eigenvalue weighted by Crippen LogP contribution is -2.24. The number of nitrogens with zero attached hydrogens (tertiary/aromatic N) is 1. The van der Waals surface area contributed by atoms with Crippen molar-refractivity contribution in [3.05, 3.63) is 35.9 Å². The Balaban J connectivity index is 2.19. The fourth-order valence-electron chi connectivity index (χ4n) is 1.77. The van der Waals surface area contributed by atoms with E-state index >= 15 is 0 Å². The number of allylic oxidation sites excluding steroid dienone is 1. The number of amides is 1. The van der Waals surface area contributed by atoms with Crippen LogP contribution in [0.3, 0.4) is 0 Å². The van der Waals surface area contributed by atoms with Gasteiger partial charge in [0, 0.05) is 17.7 Å². The Labute approximate surface area is 120 Å². The third-order valence-corrected chi connectivity index (χ3v) is 4.06. The summed E-state index contributed by atoms with van der Waals surface area (Å²) in [7, 11) is -1.20. The van der Waals surface area contributed by atoms with E-state index in [1.807, 2.05) is 30.4 Å². The van der Waals surface area contributed by atoms with E-state index in [0.717, 1.165) is 11.3 Å². The summed E-state index contributed by atoms with van der Waals surface area (Å²) in [4.78, 5) is 11.7. The highest BCUT2D eigenvalue weighted by atomic mass is 32.2. The molecule has 5 heteroatoms. The molecular formula is C15H14N2O2S. The fraction of sp³-hybridized carbons (Fsp3) is 0.200. The maximum Gasteiger partial charge on any atom is 0.240 e. The third-order valence-electron chi connectivity index (χ3n) is 2.77. The van der Waals surface area contributed by atoms with Crippen molar-refractivity contribution in [3.8, 4) is 12.3 Å². The van der Waals surface area contributed by atoms with Crippen LogP contribution in [0.1, 0.15) is 18.4 Å². The molecule has 102 valence electrons. The van der Waals surface area contributed by atoms with E-state index in [1.165, 1.54) is 0 Å². The summed E-state index contributed by atoms with van der Waals surface area (Å²) < 4.78 is 12.0. The summed E-state index contributed by atoms with van der Waals surface area (Å²) in [6, 6.07) is 7.39. The fourth-order valence-corrected chi connectivity index (χ4v) is 2.71. The molecule has 1 N–H and O–H groups in total. The molecule has 1 amide bonds. The molecule has 0 spiro atoms. The third kappa shape index (κ3) is 3.65. The highest BCUT2D eigenvalue weighted by molar-refractivity contribution is 7.85. The van der Waals surface area contributed by atoms with Gasteiger partial charge in [-0.2, -0.15) is 5.10 Å². The second kappa shape index (κ2) is 6.83. The van der Waals surface area contributed by atoms with Crippen LogP contribution in [0.25, 0.3) is 6.08 Å². The molecule has 0 aromatic heterocycles. The molecule has 20 heavy (non-hydrogen) atoms. The zero-order valence-electron chi connectivity index (χ0n) is 10.8. The first kappa shape index (κ1) is 14.2. The van der Waals surface area contributed by atoms with Crippen LogP contribution < -0.4 is 5.43 Å². The van der Waals surface area contributed by atoms with Gasteiger partial charge in [0.05, 0.1) is 22.3 Å². The van der Waals surface area contributed by atoms with Gasteiger partial charge in [0.2, 0.25) is 5.91 Å². The van der Waals surface area contributed by atoms with E-state index in [9.17, 15) is 9.00 Å². The number of terminal acetylenes is 1. The molecule has 1 heterocycles. The van der Waals surface area contributed by atoms with Gasteiger partial charge in [0.25, 0.3) is 0 Å². The van der Waals surface area contributed by atoms with Crippen LogP contribution in [0.2, 0.25) is 0 Å². The lowest BCUT2D eigenvalue weighted by molar-refractivity contribution is -0.121. The molecule has 1 unspecified atom stereocenters. The van der Waals surface area contributed by atoms with Crippen LogP contribution in [0.15, 0.2) is 40.3 Å². The first-order valence-electron chi connectivity index (χ1n) is 6.15. The normalized spacial score (nSPS) is 16.4. The lowest BCUT2D eigenvalue weighted by Gasteiger charge is -2.08. The van der Waals surface area contributed by atoms with Gasteiger partial charge in [-0.15, -0.1) is 6.42 Å². The standard InChI is InChI=1S/C15H14N2O2S/c1-2-11-20(19)14-6-4-3-5-12(14)7-8-13-9-10-15(18)17-16-13/h1,3-8H,9-11H2,(H,17,18). The zero-order chi connectivity index (χ0) is 14.4. The Hall–Kier alpha value is -2.19. The van der Waals surface area contributed by atoms with Gasteiger partial charge in [-0.3, -0.25) is 9.00 Å². The number of hydrazone groups is 1. The van der Waals surface area contributed by atoms with E-state index in [-0.39, 0.29) is 11.7 Å². The zero-order valence-corrected chi connectivity index (χ0v) is 11.7. The maximum atomic E-state index is 12.0. The molecule has 0 fully saturated rings. The Kier molecular flexibility index (Phi) is 4.85. The molecule has 0 aliphatic carbocycles. The van der Waals surface area contributed by atoms with Crippen molar-refractivity contribution in [2.24, 2.45) is 5.10 Å². The molecule has 0 bridgehead atoms. The summed E-state index contributed by atoms with van der Waals surface area (Å²) in [6.45, 7) is 0. The number of hydrogen-bond donors (Lipinski definition) is 1. The van der Waals surface area contributed by atoms with Crippen LogP contribution >= 0.6 is 0 Å². The maximum absolute atomic E-state index is 12.0. The van der Waals surface area contributed by atoms with Crippen LogP contribution in [0.5, 0.6) is 0 Å². The molecule has 1 aromatic carbocycles. The number of nitrogens with one attached hydrogen (secondary N) is 1. The van der Waals surface area contributed by atoms with Crippen LogP contribution in [0.4, 0.5) is 0 Å². The van der Waals surface area contributed by atoms with Crippen LogP contribution in [0, 0.1) is 12.3 Å². The van der Waals surface area contributed by atoms with Gasteiger partial charge in [-0.1, -0.05) is 30.2 Å². The first-order valence-corrected chi connectivity index (χ1v) is 7.47. The highest BCUT2D eigenvalue weighted by Gasteiger charge is 2.10. The molecular weight excluding hydrogens is 272 g/mol. The summed E-state index contributed by atoms with van der Waals surface area (Å²) in [5.74, 6) is 2.53. The minimum atomic E-state index is -1.20. The average molecular weight is 286 g/mol. The van der Waals surface area contributed by atoms with Gasteiger partial charge >= 0.3 is 0 Å². The summed E-state index contributed by atoms with van der Waals surface area (Å²) in [5, 5.41) is 3.96. The molecule has 4 nitrogen and oxygen atoms in total. The second-order valence-corrected chi connectivity index (χ2v) is 5.62. The largest absolute Gasteiger partial charge is 0.273 e. The number of carbonyl (C=O) groups is 1. The second-order valence-electron chi connectivity index (χ2n) is 4.20. The molecule has 1 aliphatic heterocycles. The van der Waals surface area contributed by atoms with Gasteiger partial charge < -0.3 is 0 Å². The van der Waals surface area contributed by atoms with E-state index in [2.05, 4.69) is 16.4 Å². The minimum absolute atomic E-state index is 0.0716. The van der Waals surface area contributed by atoms with E-state index in [1.54, 1.807) is 6.07 Å². The van der Waals surface area contributed by atoms with Gasteiger partial charge in [0.1, 0.15) is 0 Å². The Morgan fingerprint density at radius 3 is 2.85 bits per heavy atom. The number of hydrogen-bond acceptors (Lipinski definition) is 3. The van der Waals surface area contributed by atoms with Crippen molar-refractivity contribution >= 4 is 28.5 Å². The number of rotatable bonds is 4. The lowest BCUT2D eigenvalue weighted by atomic mass is 10.1. The predicted octanol–water partition coefficient (Wildman–Crippen LogP) is 1.71. The van der Waals surface area contributed by atoms with Crippen molar-refractivity contribution in [3.63, 3.8) is 0 Å². The molecule has 0 saturated carbocycles. The van der Waals surface area contributed by atoms with E-state index in [0.29, 0.717) is 17.7 Å². The van der Waals surface area contributed by atoms with Gasteiger partial charge in [-0.05, 0) is 17.7 Å². The number of carbonyl (C=O) groups excluding carboxylic acids is 1. The molecule has 2 rings (SSSR count). The Bertz CT molecular complexity index is 642. The van der Waals surface area contributed by atoms with Crippen molar-refractivity contribution in [1.29, 1.82) is 0 Å². The van der Waals surface area contributed by atoms with Gasteiger partial charge in [0.15, 0.2) is 0 Å². The van der Waals surface area contributed by atoms with Crippen molar-refractivity contribution in [1.82, 2.24) is 5.43 Å². The topological polar surface area (TPSA) is 58.5 Å². The van der Waals surface area contributed by atoms with Crippen molar-refractivity contribution in [2.75, 3.05) is 5.75 Å². The average Bonchev–Trinajstić information content (AvgIpc) is 2.47. The molecule has 1 aromatic rings. The van der Waals surface area contributed by atoms with Crippen LogP contribution in [-0.2, 0) is 15.6 Å². The predicted molar refractivity (Wildman–Crippen MR) is 80.4 cm³/mol. The SMILES string of the molecule is C#CCS(=O)c1ccccc1C=CC1=NNC(=O)CC1. The van der Waals surface area contributed by atoms with Crippen molar-refractivity contribution in [2.45, 2.75) is 17.7 Å². The molecule has 1 aliphatic rings. The number of benzene rings is 1. The minimum Gasteiger partial charge on any atom is -0.273 e. The van der Waals surface area contributed by atoms with Gasteiger partial charge in [-0.25, -0.2) is 5.43 Å². The first-order chi connectivity index (χ1) is 9.70. The molecule has 0 saturated heterocycles. The van der Waals surface area contributed by atoms with E-state index < -0.39 is 10.8 Å². The highest BCUT2D eigenvalue weighted by Crippen LogP contribution is 2.16. The Morgan fingerprint density at radius 1 is 1.35 bits per heavy atom. The van der Waals surface area contributed by atoms with Crippen LogP contribution in [-0.4, -0.2) is 21.6 Å². The Morgan fingerprint density at radius 2 is 2.15 bits per heavy atom. The van der Waals surface area contributed by atoms with Crippen molar-refractivity contribution < 1.29 is 9.00 Å². The molecule has 1 atom stereocenters. The quantitative estimate of drug-likeness (QED) is 0.857. The monoisotopic (exact) mass is 286 g/mol. The van der Waals surface area contributed by atoms with E-state index in [4.69, 9.17) is 6.42 Å².